The summed E-state index contributed by atoms with van der Waals surface area (Å²) in [6.07, 6.45) is 10.5. The molecule has 1 aliphatic carbocycles. The van der Waals surface area contributed by atoms with Crippen LogP contribution >= 0.6 is 0 Å². The Kier molecular flexibility index (Phi) is 3.42. The number of piperidine rings is 1. The summed E-state index contributed by atoms with van der Waals surface area (Å²) in [5.41, 5.74) is 0.0232. The minimum absolute atomic E-state index is 0.0232. The molecule has 17 heavy (non-hydrogen) atoms. The third-order valence-corrected chi connectivity index (χ3v) is 5.23. The summed E-state index contributed by atoms with van der Waals surface area (Å²) in [7, 11) is 0. The summed E-state index contributed by atoms with van der Waals surface area (Å²) in [5.74, 6) is 0. The van der Waals surface area contributed by atoms with Gasteiger partial charge in [0.2, 0.25) is 0 Å². The summed E-state index contributed by atoms with van der Waals surface area (Å²) in [4.78, 5) is 2.61. The largest absolute Gasteiger partial charge is 0.394 e. The standard InChI is InChI=1S/C14H26N2O/c17-11-14(15-12-5-1-2-6-12)8-10-16-9-4-3-7-13(14)16/h12-13,15,17H,1-11H2. The number of hydrogen-bond acceptors (Lipinski definition) is 3. The minimum atomic E-state index is 0.0232. The Hall–Kier alpha value is -0.120. The van der Waals surface area contributed by atoms with Crippen molar-refractivity contribution in [3.63, 3.8) is 0 Å². The third kappa shape index (κ3) is 2.13. The molecule has 2 N–H and O–H groups in total. The van der Waals surface area contributed by atoms with Gasteiger partial charge in [-0.25, -0.2) is 0 Å². The van der Waals surface area contributed by atoms with Gasteiger partial charge in [-0.1, -0.05) is 19.3 Å². The Bertz CT molecular complexity index is 265. The van der Waals surface area contributed by atoms with E-state index in [1.165, 1.54) is 58.0 Å². The van der Waals surface area contributed by atoms with Crippen LogP contribution in [0.5, 0.6) is 0 Å². The molecule has 0 amide bonds. The summed E-state index contributed by atoms with van der Waals surface area (Å²) >= 11 is 0. The highest BCUT2D eigenvalue weighted by Crippen LogP contribution is 2.36. The van der Waals surface area contributed by atoms with Crippen LogP contribution in [0.15, 0.2) is 0 Å². The number of nitrogens with one attached hydrogen (secondary N) is 1. The molecule has 3 heteroatoms. The van der Waals surface area contributed by atoms with Gasteiger partial charge in [0.15, 0.2) is 0 Å². The highest BCUT2D eigenvalue weighted by molar-refractivity contribution is 5.07. The van der Waals surface area contributed by atoms with Crippen LogP contribution in [0.3, 0.4) is 0 Å². The topological polar surface area (TPSA) is 35.5 Å². The molecule has 98 valence electrons. The number of nitrogens with zero attached hydrogens (tertiary/aromatic N) is 1. The van der Waals surface area contributed by atoms with E-state index in [9.17, 15) is 5.11 Å². The molecule has 2 saturated heterocycles. The SMILES string of the molecule is OCC1(NC2CCCC2)CCN2CCCCC21. The Morgan fingerprint density at radius 2 is 1.82 bits per heavy atom. The van der Waals surface area contributed by atoms with Crippen molar-refractivity contribution in [2.75, 3.05) is 19.7 Å². The fourth-order valence-corrected chi connectivity index (χ4v) is 4.27. The molecule has 0 spiro atoms. The van der Waals surface area contributed by atoms with Crippen molar-refractivity contribution in [2.45, 2.75) is 69.0 Å². The zero-order valence-electron chi connectivity index (χ0n) is 10.8. The van der Waals surface area contributed by atoms with E-state index in [4.69, 9.17) is 0 Å². The molecule has 0 aromatic carbocycles. The Morgan fingerprint density at radius 1 is 1.06 bits per heavy atom. The minimum Gasteiger partial charge on any atom is -0.394 e. The van der Waals surface area contributed by atoms with Crippen molar-refractivity contribution in [1.82, 2.24) is 10.2 Å². The second-order valence-electron chi connectivity index (χ2n) is 6.24. The lowest BCUT2D eigenvalue weighted by atomic mass is 9.85. The summed E-state index contributed by atoms with van der Waals surface area (Å²) in [5, 5.41) is 13.8. The van der Waals surface area contributed by atoms with Crippen molar-refractivity contribution in [1.29, 1.82) is 0 Å². The van der Waals surface area contributed by atoms with E-state index in [1.807, 2.05) is 0 Å². The third-order valence-electron chi connectivity index (χ3n) is 5.23. The Morgan fingerprint density at radius 3 is 2.59 bits per heavy atom. The van der Waals surface area contributed by atoms with E-state index in [-0.39, 0.29) is 5.54 Å². The number of aliphatic hydroxyl groups is 1. The fourth-order valence-electron chi connectivity index (χ4n) is 4.27. The predicted octanol–water partition coefficient (Wildman–Crippen LogP) is 1.51. The van der Waals surface area contributed by atoms with Gasteiger partial charge in [0, 0.05) is 18.6 Å². The molecule has 3 fully saturated rings. The average Bonchev–Trinajstić information content (AvgIpc) is 2.99. The molecule has 2 unspecified atom stereocenters. The van der Waals surface area contributed by atoms with Crippen LogP contribution in [0.4, 0.5) is 0 Å². The van der Waals surface area contributed by atoms with Crippen LogP contribution in [0, 0.1) is 0 Å². The molecule has 0 bridgehead atoms. The van der Waals surface area contributed by atoms with Crippen LogP contribution in [-0.4, -0.2) is 47.3 Å². The van der Waals surface area contributed by atoms with Gasteiger partial charge in [-0.2, -0.15) is 0 Å². The van der Waals surface area contributed by atoms with Gasteiger partial charge in [-0.3, -0.25) is 4.90 Å². The number of aliphatic hydroxyl groups excluding tert-OH is 1. The lowest BCUT2D eigenvalue weighted by Crippen LogP contribution is -2.60. The maximum atomic E-state index is 9.93. The fraction of sp³-hybridized carbons (Fsp3) is 1.00. The molecule has 2 aliphatic heterocycles. The van der Waals surface area contributed by atoms with Crippen molar-refractivity contribution in [3.8, 4) is 0 Å². The normalized spacial score (nSPS) is 39.7. The van der Waals surface area contributed by atoms with E-state index >= 15 is 0 Å². The van der Waals surface area contributed by atoms with Crippen LogP contribution in [0.2, 0.25) is 0 Å². The molecule has 0 aromatic rings. The Balaban J connectivity index is 1.71. The second-order valence-corrected chi connectivity index (χ2v) is 6.24. The first-order chi connectivity index (χ1) is 8.34. The van der Waals surface area contributed by atoms with Crippen molar-refractivity contribution in [2.24, 2.45) is 0 Å². The Labute approximate surface area is 105 Å². The predicted molar refractivity (Wildman–Crippen MR) is 69.0 cm³/mol. The maximum absolute atomic E-state index is 9.93. The molecule has 3 rings (SSSR count). The highest BCUT2D eigenvalue weighted by atomic mass is 16.3. The average molecular weight is 238 g/mol. The van der Waals surface area contributed by atoms with Gasteiger partial charge in [0.05, 0.1) is 12.1 Å². The van der Waals surface area contributed by atoms with Gasteiger partial charge in [-0.05, 0) is 38.6 Å². The molecule has 2 heterocycles. The maximum Gasteiger partial charge on any atom is 0.0629 e. The zero-order valence-corrected chi connectivity index (χ0v) is 10.8. The lowest BCUT2D eigenvalue weighted by molar-refractivity contribution is 0.0791. The first-order valence-electron chi connectivity index (χ1n) is 7.47. The number of fused-ring (bicyclic) bond motifs is 1. The molecule has 3 nitrogen and oxygen atoms in total. The van der Waals surface area contributed by atoms with Gasteiger partial charge < -0.3 is 10.4 Å². The molecule has 3 aliphatic rings. The molecule has 0 radical (unpaired) electrons. The van der Waals surface area contributed by atoms with Crippen LogP contribution in [0.1, 0.15) is 51.4 Å². The highest BCUT2D eigenvalue weighted by Gasteiger charge is 2.48. The quantitative estimate of drug-likeness (QED) is 0.782. The molecule has 2 atom stereocenters. The van der Waals surface area contributed by atoms with Gasteiger partial charge >= 0.3 is 0 Å². The van der Waals surface area contributed by atoms with Gasteiger partial charge in [-0.15, -0.1) is 0 Å². The van der Waals surface area contributed by atoms with E-state index in [0.29, 0.717) is 18.7 Å². The number of rotatable bonds is 3. The van der Waals surface area contributed by atoms with Gasteiger partial charge in [0.1, 0.15) is 0 Å². The smallest absolute Gasteiger partial charge is 0.0629 e. The van der Waals surface area contributed by atoms with Crippen LogP contribution in [-0.2, 0) is 0 Å². The van der Waals surface area contributed by atoms with Gasteiger partial charge in [0.25, 0.3) is 0 Å². The summed E-state index contributed by atoms with van der Waals surface area (Å²) in [6, 6.07) is 1.27. The zero-order chi connectivity index (χ0) is 11.7. The molecular weight excluding hydrogens is 212 g/mol. The van der Waals surface area contributed by atoms with Crippen LogP contribution in [0.25, 0.3) is 0 Å². The van der Waals surface area contributed by atoms with Crippen molar-refractivity contribution in [3.05, 3.63) is 0 Å². The van der Waals surface area contributed by atoms with E-state index in [0.717, 1.165) is 6.42 Å². The molecular formula is C14H26N2O. The number of hydrogen-bond donors (Lipinski definition) is 2. The van der Waals surface area contributed by atoms with E-state index in [2.05, 4.69) is 10.2 Å². The summed E-state index contributed by atoms with van der Waals surface area (Å²) in [6.45, 7) is 2.76. The monoisotopic (exact) mass is 238 g/mol. The second kappa shape index (κ2) is 4.87. The molecule has 0 aromatic heterocycles. The van der Waals surface area contributed by atoms with Crippen LogP contribution < -0.4 is 5.32 Å². The first kappa shape index (κ1) is 11.9. The molecule has 1 saturated carbocycles. The first-order valence-corrected chi connectivity index (χ1v) is 7.47. The van der Waals surface area contributed by atoms with Crippen molar-refractivity contribution < 1.29 is 5.11 Å². The van der Waals surface area contributed by atoms with Crippen molar-refractivity contribution >= 4 is 0 Å². The summed E-state index contributed by atoms with van der Waals surface area (Å²) < 4.78 is 0. The van der Waals surface area contributed by atoms with E-state index < -0.39 is 0 Å². The lowest BCUT2D eigenvalue weighted by Gasteiger charge is -2.42. The van der Waals surface area contributed by atoms with E-state index in [1.54, 1.807) is 0 Å².